The molecule has 2 N–H and O–H groups in total. The minimum atomic E-state index is -3.42. The Balaban J connectivity index is 2.00. The van der Waals surface area contributed by atoms with Crippen molar-refractivity contribution in [2.75, 3.05) is 11.9 Å². The summed E-state index contributed by atoms with van der Waals surface area (Å²) in [4.78, 5) is 4.35. The van der Waals surface area contributed by atoms with Gasteiger partial charge >= 0.3 is 0 Å². The van der Waals surface area contributed by atoms with Gasteiger partial charge in [-0.25, -0.2) is 18.1 Å². The molecule has 2 rings (SSSR count). The SMILES string of the molecule is CCCNc1ccc(S(=O)(=O)NC2CC2CC)cn1. The van der Waals surface area contributed by atoms with Crippen molar-refractivity contribution in [2.45, 2.75) is 44.0 Å². The maximum Gasteiger partial charge on any atom is 0.242 e. The molecular weight excluding hydrogens is 262 g/mol. The molecular formula is C13H21N3O2S. The van der Waals surface area contributed by atoms with Crippen molar-refractivity contribution in [3.05, 3.63) is 18.3 Å². The first-order valence-electron chi connectivity index (χ1n) is 6.79. The molecule has 2 atom stereocenters. The Hall–Kier alpha value is -1.14. The number of pyridine rings is 1. The molecule has 0 aromatic carbocycles. The Bertz CT molecular complexity index is 513. The summed E-state index contributed by atoms with van der Waals surface area (Å²) in [5.74, 6) is 1.20. The monoisotopic (exact) mass is 283 g/mol. The average molecular weight is 283 g/mol. The van der Waals surface area contributed by atoms with Gasteiger partial charge in [0.1, 0.15) is 10.7 Å². The molecule has 19 heavy (non-hydrogen) atoms. The van der Waals surface area contributed by atoms with Crippen LogP contribution in [0.5, 0.6) is 0 Å². The fourth-order valence-electron chi connectivity index (χ4n) is 2.01. The first-order chi connectivity index (χ1) is 9.06. The quantitative estimate of drug-likeness (QED) is 0.802. The largest absolute Gasteiger partial charge is 0.370 e. The van der Waals surface area contributed by atoms with Gasteiger partial charge in [-0.2, -0.15) is 0 Å². The summed E-state index contributed by atoms with van der Waals surface area (Å²) >= 11 is 0. The zero-order valence-electron chi connectivity index (χ0n) is 11.4. The zero-order valence-corrected chi connectivity index (χ0v) is 12.2. The predicted octanol–water partition coefficient (Wildman–Crippen LogP) is 1.98. The molecule has 2 unspecified atom stereocenters. The number of sulfonamides is 1. The van der Waals surface area contributed by atoms with E-state index in [4.69, 9.17) is 0 Å². The van der Waals surface area contributed by atoms with Gasteiger partial charge in [0.05, 0.1) is 0 Å². The first-order valence-corrected chi connectivity index (χ1v) is 8.27. The summed E-state index contributed by atoms with van der Waals surface area (Å²) in [5, 5.41) is 3.12. The third kappa shape index (κ3) is 3.67. The van der Waals surface area contributed by atoms with Gasteiger partial charge in [0, 0.05) is 18.8 Å². The molecule has 1 aromatic rings. The van der Waals surface area contributed by atoms with Crippen molar-refractivity contribution in [1.82, 2.24) is 9.71 Å². The van der Waals surface area contributed by atoms with Crippen LogP contribution < -0.4 is 10.0 Å². The van der Waals surface area contributed by atoms with E-state index in [-0.39, 0.29) is 10.9 Å². The first kappa shape index (κ1) is 14.3. The molecule has 1 heterocycles. The van der Waals surface area contributed by atoms with E-state index in [1.807, 2.05) is 0 Å². The van der Waals surface area contributed by atoms with Crippen molar-refractivity contribution in [1.29, 1.82) is 0 Å². The summed E-state index contributed by atoms with van der Waals surface area (Å²) in [6.45, 7) is 4.97. The highest BCUT2D eigenvalue weighted by molar-refractivity contribution is 7.89. The second-order valence-electron chi connectivity index (χ2n) is 4.94. The van der Waals surface area contributed by atoms with Crippen LogP contribution in [-0.4, -0.2) is 26.0 Å². The normalized spacial score (nSPS) is 22.2. The highest BCUT2D eigenvalue weighted by atomic mass is 32.2. The minimum absolute atomic E-state index is 0.105. The van der Waals surface area contributed by atoms with Gasteiger partial charge in [-0.15, -0.1) is 0 Å². The van der Waals surface area contributed by atoms with Crippen LogP contribution in [0.3, 0.4) is 0 Å². The van der Waals surface area contributed by atoms with E-state index in [9.17, 15) is 8.42 Å². The minimum Gasteiger partial charge on any atom is -0.370 e. The number of hydrogen-bond acceptors (Lipinski definition) is 4. The molecule has 0 amide bonds. The number of rotatable bonds is 7. The third-order valence-corrected chi connectivity index (χ3v) is 4.83. The van der Waals surface area contributed by atoms with Crippen LogP contribution in [0.15, 0.2) is 23.2 Å². The maximum absolute atomic E-state index is 12.1. The van der Waals surface area contributed by atoms with Gasteiger partial charge in [0.2, 0.25) is 10.0 Å². The van der Waals surface area contributed by atoms with Gasteiger partial charge < -0.3 is 5.32 Å². The van der Waals surface area contributed by atoms with Gasteiger partial charge in [-0.1, -0.05) is 20.3 Å². The summed E-state index contributed by atoms with van der Waals surface area (Å²) in [7, 11) is -3.42. The van der Waals surface area contributed by atoms with Crippen molar-refractivity contribution in [3.63, 3.8) is 0 Å². The van der Waals surface area contributed by atoms with E-state index in [2.05, 4.69) is 28.9 Å². The number of hydrogen-bond donors (Lipinski definition) is 2. The summed E-state index contributed by atoms with van der Waals surface area (Å²) in [5.41, 5.74) is 0. The fraction of sp³-hybridized carbons (Fsp3) is 0.615. The van der Waals surface area contributed by atoms with Crippen LogP contribution in [0.25, 0.3) is 0 Å². The van der Waals surface area contributed by atoms with E-state index in [1.165, 1.54) is 6.20 Å². The number of nitrogens with one attached hydrogen (secondary N) is 2. The summed E-state index contributed by atoms with van der Waals surface area (Å²) in [6.07, 6.45) is 4.37. The summed E-state index contributed by atoms with van der Waals surface area (Å²) in [6, 6.07) is 3.40. The Morgan fingerprint density at radius 1 is 1.37 bits per heavy atom. The molecule has 5 nitrogen and oxygen atoms in total. The topological polar surface area (TPSA) is 71.1 Å². The van der Waals surface area contributed by atoms with Gasteiger partial charge in [0.15, 0.2) is 0 Å². The number of nitrogens with zero attached hydrogens (tertiary/aromatic N) is 1. The lowest BCUT2D eigenvalue weighted by atomic mass is 10.3. The van der Waals surface area contributed by atoms with Crippen LogP contribution in [0.2, 0.25) is 0 Å². The van der Waals surface area contributed by atoms with Crippen LogP contribution in [0.4, 0.5) is 5.82 Å². The van der Waals surface area contributed by atoms with Crippen molar-refractivity contribution < 1.29 is 8.42 Å². The van der Waals surface area contributed by atoms with Crippen molar-refractivity contribution in [3.8, 4) is 0 Å². The molecule has 0 spiro atoms. The number of anilines is 1. The van der Waals surface area contributed by atoms with Gasteiger partial charge in [0.25, 0.3) is 0 Å². The van der Waals surface area contributed by atoms with Crippen molar-refractivity contribution >= 4 is 15.8 Å². The Morgan fingerprint density at radius 3 is 2.68 bits per heavy atom. The van der Waals surface area contributed by atoms with Gasteiger partial charge in [-0.3, -0.25) is 0 Å². The Morgan fingerprint density at radius 2 is 2.16 bits per heavy atom. The molecule has 0 bridgehead atoms. The number of aromatic nitrogens is 1. The average Bonchev–Trinajstić information content (AvgIpc) is 3.14. The lowest BCUT2D eigenvalue weighted by molar-refractivity contribution is 0.575. The van der Waals surface area contributed by atoms with E-state index >= 15 is 0 Å². The van der Waals surface area contributed by atoms with E-state index in [1.54, 1.807) is 12.1 Å². The summed E-state index contributed by atoms with van der Waals surface area (Å²) < 4.78 is 26.9. The molecule has 6 heteroatoms. The molecule has 0 radical (unpaired) electrons. The Labute approximate surface area is 114 Å². The zero-order chi connectivity index (χ0) is 13.9. The highest BCUT2D eigenvalue weighted by Gasteiger charge is 2.38. The molecule has 106 valence electrons. The molecule has 1 aliphatic carbocycles. The Kier molecular flexibility index (Phi) is 4.42. The van der Waals surface area contributed by atoms with E-state index in [0.717, 1.165) is 25.8 Å². The van der Waals surface area contributed by atoms with Crippen LogP contribution in [0.1, 0.15) is 33.1 Å². The van der Waals surface area contributed by atoms with E-state index in [0.29, 0.717) is 11.7 Å². The highest BCUT2D eigenvalue weighted by Crippen LogP contribution is 2.34. The molecule has 1 aromatic heterocycles. The van der Waals surface area contributed by atoms with Crippen LogP contribution >= 0.6 is 0 Å². The van der Waals surface area contributed by atoms with Crippen molar-refractivity contribution in [2.24, 2.45) is 5.92 Å². The smallest absolute Gasteiger partial charge is 0.242 e. The molecule has 1 fully saturated rings. The van der Waals surface area contributed by atoms with Crippen LogP contribution in [-0.2, 0) is 10.0 Å². The van der Waals surface area contributed by atoms with E-state index < -0.39 is 10.0 Å². The van der Waals surface area contributed by atoms with Crippen LogP contribution in [0, 0.1) is 5.92 Å². The molecule has 1 aliphatic rings. The standard InChI is InChI=1S/C13H21N3O2S/c1-3-7-14-13-6-5-11(9-15-13)19(17,18)16-12-8-10(12)4-2/h5-6,9-10,12,16H,3-4,7-8H2,1-2H3,(H,14,15). The molecule has 0 aliphatic heterocycles. The lowest BCUT2D eigenvalue weighted by Gasteiger charge is -2.07. The fourth-order valence-corrected chi connectivity index (χ4v) is 3.27. The van der Waals surface area contributed by atoms with Gasteiger partial charge in [-0.05, 0) is 30.9 Å². The predicted molar refractivity (Wildman–Crippen MR) is 75.5 cm³/mol. The molecule has 1 saturated carbocycles. The second kappa shape index (κ2) is 5.88. The third-order valence-electron chi connectivity index (χ3n) is 3.36. The maximum atomic E-state index is 12.1. The molecule has 0 saturated heterocycles. The lowest BCUT2D eigenvalue weighted by Crippen LogP contribution is -2.27. The second-order valence-corrected chi connectivity index (χ2v) is 6.65.